The number of carbonyl (C=O) groups is 2. The van der Waals surface area contributed by atoms with Crippen LogP contribution in [0, 0.1) is 0 Å². The van der Waals surface area contributed by atoms with Crippen molar-refractivity contribution in [3.8, 4) is 0 Å². The van der Waals surface area contributed by atoms with Crippen LogP contribution in [0.3, 0.4) is 0 Å². The van der Waals surface area contributed by atoms with E-state index < -0.39 is 20.3 Å². The second-order valence-corrected chi connectivity index (χ2v) is 14.2. The average Bonchev–Trinajstić information content (AvgIpc) is 2.53. The molecule has 0 aliphatic carbocycles. The van der Waals surface area contributed by atoms with Crippen molar-refractivity contribution in [2.45, 2.75) is 64.0 Å². The van der Waals surface area contributed by atoms with Crippen LogP contribution in [0.1, 0.15) is 33.6 Å². The van der Waals surface area contributed by atoms with Crippen molar-refractivity contribution in [3.05, 3.63) is 30.3 Å². The van der Waals surface area contributed by atoms with E-state index >= 15 is 0 Å². The molecule has 0 radical (unpaired) electrons. The van der Waals surface area contributed by atoms with Crippen molar-refractivity contribution >= 4 is 25.7 Å². The molecule has 6 heteroatoms. The number of carbonyl (C=O) groups excluding carboxylic acids is 2. The largest absolute Gasteiger partial charge is 0.373 e. The molecule has 138 valence electrons. The van der Waals surface area contributed by atoms with Gasteiger partial charge in [-0.3, -0.25) is 9.69 Å². The number of anilines is 1. The van der Waals surface area contributed by atoms with Gasteiger partial charge in [-0.15, -0.1) is 0 Å². The van der Waals surface area contributed by atoms with E-state index in [4.69, 9.17) is 0 Å². The van der Waals surface area contributed by atoms with Crippen LogP contribution < -0.4 is 4.90 Å². The zero-order valence-corrected chi connectivity index (χ0v) is 17.0. The van der Waals surface area contributed by atoms with E-state index in [-0.39, 0.29) is 17.4 Å². The van der Waals surface area contributed by atoms with Crippen LogP contribution in [0.4, 0.5) is 10.5 Å². The lowest BCUT2D eigenvalue weighted by Crippen LogP contribution is -2.56. The molecule has 1 aromatic carbocycles. The fourth-order valence-corrected chi connectivity index (χ4v) is 4.53. The van der Waals surface area contributed by atoms with Gasteiger partial charge in [0.15, 0.2) is 0 Å². The summed E-state index contributed by atoms with van der Waals surface area (Å²) >= 11 is 0. The van der Waals surface area contributed by atoms with Crippen molar-refractivity contribution in [2.24, 2.45) is 0 Å². The summed E-state index contributed by atoms with van der Waals surface area (Å²) in [5.74, 6) is -0.292. The first-order chi connectivity index (χ1) is 11.5. The molecule has 1 unspecified atom stereocenters. The van der Waals surface area contributed by atoms with Crippen molar-refractivity contribution in [2.75, 3.05) is 11.4 Å². The lowest BCUT2D eigenvalue weighted by atomic mass is 10.2. The smallest absolute Gasteiger partial charge is 0.333 e. The molecule has 2 rings (SSSR count). The van der Waals surface area contributed by atoms with Gasteiger partial charge in [0.1, 0.15) is 6.23 Å². The number of imide groups is 1. The predicted molar refractivity (Wildman–Crippen MR) is 103 cm³/mol. The highest BCUT2D eigenvalue weighted by molar-refractivity contribution is 6.80. The summed E-state index contributed by atoms with van der Waals surface area (Å²) in [6, 6.07) is 9.72. The predicted octanol–water partition coefficient (Wildman–Crippen LogP) is 4.06. The van der Waals surface area contributed by atoms with Gasteiger partial charge in [0.2, 0.25) is 5.91 Å². The highest BCUT2D eigenvalue weighted by Crippen LogP contribution is 2.39. The van der Waals surface area contributed by atoms with Gasteiger partial charge in [-0.1, -0.05) is 58.1 Å². The molecule has 0 aromatic heterocycles. The number of amides is 3. The number of nitrogens with zero attached hydrogens (tertiary/aromatic N) is 2. The zero-order chi connectivity index (χ0) is 18.8. The Morgan fingerprint density at radius 3 is 2.32 bits per heavy atom. The van der Waals surface area contributed by atoms with Gasteiger partial charge in [-0.25, -0.2) is 9.69 Å². The van der Waals surface area contributed by atoms with Crippen molar-refractivity contribution in [1.29, 1.82) is 0 Å². The van der Waals surface area contributed by atoms with Gasteiger partial charge in [0.05, 0.1) is 8.07 Å². The Morgan fingerprint density at radius 2 is 1.76 bits per heavy atom. The Balaban J connectivity index is 2.11. The molecule has 1 saturated heterocycles. The molecule has 25 heavy (non-hydrogen) atoms. The maximum atomic E-state index is 12.8. The second kappa shape index (κ2) is 7.29. The molecule has 0 spiro atoms. The molecule has 1 aromatic rings. The van der Waals surface area contributed by atoms with Gasteiger partial charge >= 0.3 is 6.03 Å². The maximum Gasteiger partial charge on any atom is 0.333 e. The van der Waals surface area contributed by atoms with E-state index in [2.05, 4.69) is 33.9 Å². The molecule has 0 saturated carbocycles. The number of urea groups is 1. The van der Waals surface area contributed by atoms with E-state index in [1.807, 2.05) is 30.3 Å². The average molecular weight is 363 g/mol. The van der Waals surface area contributed by atoms with Crippen molar-refractivity contribution < 1.29 is 14.7 Å². The summed E-state index contributed by atoms with van der Waals surface area (Å²) in [5, 5.41) is 10.8. The van der Waals surface area contributed by atoms with E-state index in [0.717, 1.165) is 16.6 Å². The minimum Gasteiger partial charge on any atom is -0.373 e. The third kappa shape index (κ3) is 4.30. The van der Waals surface area contributed by atoms with Gasteiger partial charge in [-0.2, -0.15) is 0 Å². The van der Waals surface area contributed by atoms with Gasteiger partial charge in [0, 0.05) is 18.7 Å². The fourth-order valence-electron chi connectivity index (χ4n) is 2.80. The zero-order valence-electron chi connectivity index (χ0n) is 16.0. The van der Waals surface area contributed by atoms with Gasteiger partial charge in [0.25, 0.3) is 0 Å². The molecule has 0 bridgehead atoms. The van der Waals surface area contributed by atoms with Crippen LogP contribution in [-0.2, 0) is 4.79 Å². The SMILES string of the molecule is CC(C)(C)[Si](C)(C)CCC(O)N1C(=O)CCN(c2ccccc2)C1=O. The first kappa shape index (κ1) is 19.7. The standard InChI is InChI=1S/C19H30N2O3Si/c1-19(2,3)25(4,5)14-12-17(23)21-16(22)11-13-20(18(21)24)15-9-7-6-8-10-15/h6-10,17,23H,11-14H2,1-5H3. The summed E-state index contributed by atoms with van der Waals surface area (Å²) in [6.07, 6.45) is -0.380. The number of rotatable bonds is 5. The number of hydrogen-bond donors (Lipinski definition) is 1. The lowest BCUT2D eigenvalue weighted by Gasteiger charge is -2.40. The molecule has 1 N–H and O–H groups in total. The van der Waals surface area contributed by atoms with E-state index in [1.54, 1.807) is 4.90 Å². The highest BCUT2D eigenvalue weighted by atomic mass is 28.3. The minimum absolute atomic E-state index is 0.207. The normalized spacial score (nSPS) is 17.8. The molecule has 5 nitrogen and oxygen atoms in total. The summed E-state index contributed by atoms with van der Waals surface area (Å²) in [7, 11) is -1.58. The van der Waals surface area contributed by atoms with Crippen LogP contribution in [0.15, 0.2) is 30.3 Å². The van der Waals surface area contributed by atoms with Crippen LogP contribution >= 0.6 is 0 Å². The maximum absolute atomic E-state index is 12.8. The third-order valence-electron chi connectivity index (χ3n) is 5.68. The quantitative estimate of drug-likeness (QED) is 0.804. The molecular weight excluding hydrogens is 332 g/mol. The van der Waals surface area contributed by atoms with Crippen LogP contribution in [0.5, 0.6) is 0 Å². The van der Waals surface area contributed by atoms with Crippen LogP contribution in [0.2, 0.25) is 24.2 Å². The Hall–Kier alpha value is -1.66. The first-order valence-corrected chi connectivity index (χ1v) is 12.1. The van der Waals surface area contributed by atoms with E-state index in [0.29, 0.717) is 13.0 Å². The fraction of sp³-hybridized carbons (Fsp3) is 0.579. The Morgan fingerprint density at radius 1 is 1.16 bits per heavy atom. The first-order valence-electron chi connectivity index (χ1n) is 8.91. The molecule has 1 fully saturated rings. The van der Waals surface area contributed by atoms with E-state index in [1.165, 1.54) is 0 Å². The number of benzene rings is 1. The lowest BCUT2D eigenvalue weighted by molar-refractivity contribution is -0.136. The number of aliphatic hydroxyl groups is 1. The van der Waals surface area contributed by atoms with Gasteiger partial charge in [-0.05, 0) is 23.6 Å². The van der Waals surface area contributed by atoms with Gasteiger partial charge < -0.3 is 5.11 Å². The Kier molecular flexibility index (Phi) is 5.74. The van der Waals surface area contributed by atoms with E-state index in [9.17, 15) is 14.7 Å². The number of aliphatic hydroxyl groups excluding tert-OH is 1. The molecule has 1 atom stereocenters. The number of para-hydroxylation sites is 1. The summed E-state index contributed by atoms with van der Waals surface area (Å²) in [4.78, 5) is 27.7. The Bertz CT molecular complexity index is 625. The molecule has 1 aliphatic heterocycles. The van der Waals surface area contributed by atoms with Crippen LogP contribution in [0.25, 0.3) is 0 Å². The summed E-state index contributed by atoms with van der Waals surface area (Å²) in [6.45, 7) is 11.6. The van der Waals surface area contributed by atoms with Crippen molar-refractivity contribution in [3.63, 3.8) is 0 Å². The number of hydrogen-bond acceptors (Lipinski definition) is 3. The summed E-state index contributed by atoms with van der Waals surface area (Å²) < 4.78 is 0. The van der Waals surface area contributed by atoms with Crippen LogP contribution in [-0.4, -0.2) is 42.8 Å². The van der Waals surface area contributed by atoms with Crippen molar-refractivity contribution in [1.82, 2.24) is 4.90 Å². The molecule has 1 heterocycles. The highest BCUT2D eigenvalue weighted by Gasteiger charge is 2.39. The third-order valence-corrected chi connectivity index (χ3v) is 11.3. The second-order valence-electron chi connectivity index (χ2n) is 8.44. The summed E-state index contributed by atoms with van der Waals surface area (Å²) in [5.41, 5.74) is 0.751. The molecular formula is C19H30N2O3Si. The molecule has 1 aliphatic rings. The minimum atomic E-state index is -1.58. The topological polar surface area (TPSA) is 60.9 Å². The monoisotopic (exact) mass is 362 g/mol. The Labute approximate surface area is 151 Å². The molecule has 3 amide bonds.